The lowest BCUT2D eigenvalue weighted by atomic mass is 10.1. The molecule has 4 nitrogen and oxygen atoms in total. The third-order valence-corrected chi connectivity index (χ3v) is 3.85. The predicted octanol–water partition coefficient (Wildman–Crippen LogP) is 1.88. The lowest BCUT2D eigenvalue weighted by Gasteiger charge is -2.30. The van der Waals surface area contributed by atoms with Crippen molar-refractivity contribution in [2.45, 2.75) is 51.7 Å². The monoisotopic (exact) mass is 264 g/mol. The first kappa shape index (κ1) is 14.3. The van der Waals surface area contributed by atoms with Crippen molar-refractivity contribution in [1.82, 2.24) is 4.98 Å². The Morgan fingerprint density at radius 3 is 2.79 bits per heavy atom. The normalized spacial score (nSPS) is 20.4. The largest absolute Gasteiger partial charge is 0.394 e. The smallest absolute Gasteiger partial charge is 0.129 e. The third-order valence-electron chi connectivity index (χ3n) is 3.85. The minimum Gasteiger partial charge on any atom is -0.394 e. The summed E-state index contributed by atoms with van der Waals surface area (Å²) in [5.41, 5.74) is 1.91. The van der Waals surface area contributed by atoms with Gasteiger partial charge in [-0.3, -0.25) is 0 Å². The Balaban J connectivity index is 2.31. The molecule has 0 bridgehead atoms. The maximum atomic E-state index is 9.58. The van der Waals surface area contributed by atoms with Crippen molar-refractivity contribution in [1.29, 1.82) is 0 Å². The number of nitrogens with zero attached hydrogens (tertiary/aromatic N) is 2. The molecule has 1 unspecified atom stereocenters. The van der Waals surface area contributed by atoms with E-state index >= 15 is 0 Å². The highest BCUT2D eigenvalue weighted by atomic mass is 16.3. The molecule has 2 rings (SSSR count). The lowest BCUT2D eigenvalue weighted by molar-refractivity contribution is 0.254. The summed E-state index contributed by atoms with van der Waals surface area (Å²) in [6.07, 6.45) is 5.40. The Bertz CT molecular complexity index is 387. The predicted molar refractivity (Wildman–Crippen MR) is 76.2 cm³/mol. The molecule has 1 aliphatic rings. The Labute approximate surface area is 115 Å². The zero-order valence-corrected chi connectivity index (χ0v) is 11.7. The number of anilines is 1. The molecule has 0 amide bonds. The van der Waals surface area contributed by atoms with Crippen molar-refractivity contribution >= 4 is 5.82 Å². The van der Waals surface area contributed by atoms with Crippen molar-refractivity contribution in [3.63, 3.8) is 0 Å². The maximum Gasteiger partial charge on any atom is 0.129 e. The van der Waals surface area contributed by atoms with Gasteiger partial charge in [-0.05, 0) is 37.0 Å². The summed E-state index contributed by atoms with van der Waals surface area (Å²) < 4.78 is 0. The van der Waals surface area contributed by atoms with Crippen molar-refractivity contribution in [3.8, 4) is 0 Å². The summed E-state index contributed by atoms with van der Waals surface area (Å²) in [7, 11) is 0. The second-order valence-electron chi connectivity index (χ2n) is 5.22. The molecule has 1 atom stereocenters. The van der Waals surface area contributed by atoms with Gasteiger partial charge in [-0.25, -0.2) is 4.98 Å². The number of aryl methyl sites for hydroxylation is 1. The van der Waals surface area contributed by atoms with Crippen LogP contribution in [0.25, 0.3) is 0 Å². The zero-order chi connectivity index (χ0) is 13.7. The average molecular weight is 264 g/mol. The Hall–Kier alpha value is -1.13. The van der Waals surface area contributed by atoms with E-state index in [1.54, 1.807) is 0 Å². The van der Waals surface area contributed by atoms with Crippen LogP contribution in [0.2, 0.25) is 0 Å². The van der Waals surface area contributed by atoms with E-state index in [1.807, 2.05) is 12.1 Å². The Morgan fingerprint density at radius 2 is 2.11 bits per heavy atom. The van der Waals surface area contributed by atoms with Crippen molar-refractivity contribution in [2.75, 3.05) is 18.1 Å². The van der Waals surface area contributed by atoms with Crippen molar-refractivity contribution < 1.29 is 10.2 Å². The van der Waals surface area contributed by atoms with E-state index in [9.17, 15) is 10.2 Å². The SMILES string of the molecule is CCc1cc(CO)cc(N2CCCCCC2CO)n1. The summed E-state index contributed by atoms with van der Waals surface area (Å²) in [5.74, 6) is 0.907. The molecular formula is C15H24N2O2. The van der Waals surface area contributed by atoms with Crippen LogP contribution in [-0.4, -0.2) is 34.4 Å². The maximum absolute atomic E-state index is 9.58. The van der Waals surface area contributed by atoms with Crippen LogP contribution in [0.5, 0.6) is 0 Å². The molecule has 1 aromatic rings. The van der Waals surface area contributed by atoms with Gasteiger partial charge in [0.05, 0.1) is 19.3 Å². The fourth-order valence-corrected chi connectivity index (χ4v) is 2.72. The second kappa shape index (κ2) is 6.87. The minimum absolute atomic E-state index is 0.0418. The van der Waals surface area contributed by atoms with E-state index in [1.165, 1.54) is 12.8 Å². The van der Waals surface area contributed by atoms with Crippen LogP contribution >= 0.6 is 0 Å². The van der Waals surface area contributed by atoms with Crippen molar-refractivity contribution in [3.05, 3.63) is 23.4 Å². The molecule has 106 valence electrons. The van der Waals surface area contributed by atoms with E-state index in [0.29, 0.717) is 0 Å². The number of aliphatic hydroxyl groups is 2. The van der Waals surface area contributed by atoms with Crippen molar-refractivity contribution in [2.24, 2.45) is 0 Å². The molecule has 1 fully saturated rings. The van der Waals surface area contributed by atoms with Gasteiger partial charge in [-0.2, -0.15) is 0 Å². The number of hydrogen-bond acceptors (Lipinski definition) is 4. The topological polar surface area (TPSA) is 56.6 Å². The van der Waals surface area contributed by atoms with Crippen LogP contribution in [-0.2, 0) is 13.0 Å². The standard InChI is InChI=1S/C15H24N2O2/c1-2-13-8-12(10-18)9-15(16-13)17-7-5-3-4-6-14(17)11-19/h8-9,14,18-19H,2-7,10-11H2,1H3. The molecule has 1 aliphatic heterocycles. The van der Waals surface area contributed by atoms with Crippen LogP contribution in [0.4, 0.5) is 5.82 Å². The fraction of sp³-hybridized carbons (Fsp3) is 0.667. The van der Waals surface area contributed by atoms with Gasteiger partial charge in [0.15, 0.2) is 0 Å². The molecule has 1 aromatic heterocycles. The van der Waals surface area contributed by atoms with E-state index in [0.717, 1.165) is 42.9 Å². The minimum atomic E-state index is 0.0418. The van der Waals surface area contributed by atoms with Gasteiger partial charge < -0.3 is 15.1 Å². The van der Waals surface area contributed by atoms with Crippen LogP contribution in [0.3, 0.4) is 0 Å². The van der Waals surface area contributed by atoms with E-state index in [2.05, 4.69) is 16.8 Å². The van der Waals surface area contributed by atoms with E-state index in [4.69, 9.17) is 0 Å². The van der Waals surface area contributed by atoms with Gasteiger partial charge in [0.25, 0.3) is 0 Å². The molecule has 0 spiro atoms. The highest BCUT2D eigenvalue weighted by Gasteiger charge is 2.22. The van der Waals surface area contributed by atoms with Crippen LogP contribution < -0.4 is 4.90 Å². The molecule has 2 N–H and O–H groups in total. The van der Waals surface area contributed by atoms with Gasteiger partial charge in [0.2, 0.25) is 0 Å². The molecular weight excluding hydrogens is 240 g/mol. The van der Waals surface area contributed by atoms with Crippen LogP contribution in [0.15, 0.2) is 12.1 Å². The first-order chi connectivity index (χ1) is 9.28. The highest BCUT2D eigenvalue weighted by molar-refractivity contribution is 5.44. The molecule has 0 radical (unpaired) electrons. The molecule has 19 heavy (non-hydrogen) atoms. The van der Waals surface area contributed by atoms with Gasteiger partial charge in [-0.15, -0.1) is 0 Å². The van der Waals surface area contributed by atoms with Gasteiger partial charge in [-0.1, -0.05) is 19.8 Å². The summed E-state index contributed by atoms with van der Waals surface area (Å²) >= 11 is 0. The second-order valence-corrected chi connectivity index (χ2v) is 5.22. The quantitative estimate of drug-likeness (QED) is 0.872. The first-order valence-electron chi connectivity index (χ1n) is 7.26. The molecule has 1 saturated heterocycles. The van der Waals surface area contributed by atoms with Gasteiger partial charge >= 0.3 is 0 Å². The van der Waals surface area contributed by atoms with E-state index in [-0.39, 0.29) is 19.3 Å². The summed E-state index contributed by atoms with van der Waals surface area (Å²) in [6.45, 7) is 3.22. The summed E-state index contributed by atoms with van der Waals surface area (Å²) in [6, 6.07) is 4.07. The zero-order valence-electron chi connectivity index (χ0n) is 11.7. The number of pyridine rings is 1. The third kappa shape index (κ3) is 3.45. The van der Waals surface area contributed by atoms with E-state index < -0.39 is 0 Å². The Morgan fingerprint density at radius 1 is 1.26 bits per heavy atom. The molecule has 0 aromatic carbocycles. The molecule has 0 saturated carbocycles. The highest BCUT2D eigenvalue weighted by Crippen LogP contribution is 2.24. The Kier molecular flexibility index (Phi) is 5.16. The molecule has 4 heteroatoms. The van der Waals surface area contributed by atoms with Crippen LogP contribution in [0, 0.1) is 0 Å². The van der Waals surface area contributed by atoms with Crippen LogP contribution in [0.1, 0.15) is 43.9 Å². The number of rotatable bonds is 4. The summed E-state index contributed by atoms with van der Waals surface area (Å²) in [4.78, 5) is 6.88. The lowest BCUT2D eigenvalue weighted by Crippen LogP contribution is -2.38. The number of aliphatic hydroxyl groups excluding tert-OH is 2. The first-order valence-corrected chi connectivity index (χ1v) is 7.26. The number of hydrogen-bond donors (Lipinski definition) is 2. The average Bonchev–Trinajstić information content (AvgIpc) is 2.71. The number of aromatic nitrogens is 1. The summed E-state index contributed by atoms with van der Waals surface area (Å²) in [5, 5.41) is 18.9. The molecule has 2 heterocycles. The van der Waals surface area contributed by atoms with Gasteiger partial charge in [0.1, 0.15) is 5.82 Å². The van der Waals surface area contributed by atoms with Gasteiger partial charge in [0, 0.05) is 12.2 Å². The fourth-order valence-electron chi connectivity index (χ4n) is 2.72. The molecule has 0 aliphatic carbocycles.